The maximum atomic E-state index is 11.2. The molecule has 0 heterocycles. The highest BCUT2D eigenvalue weighted by molar-refractivity contribution is 7.87. The van der Waals surface area contributed by atoms with Gasteiger partial charge in [-0.1, -0.05) is 0 Å². The average molecular weight is 218 g/mol. The van der Waals surface area contributed by atoms with Gasteiger partial charge in [-0.05, 0) is 26.7 Å². The van der Waals surface area contributed by atoms with Crippen molar-refractivity contribution in [3.63, 3.8) is 0 Å². The number of nitrogens with one attached hydrogen (secondary N) is 2. The molecule has 0 radical (unpaired) electrons. The van der Waals surface area contributed by atoms with E-state index >= 15 is 0 Å². The first-order chi connectivity index (χ1) is 6.48. The highest BCUT2D eigenvalue weighted by Gasteiger charge is 2.09. The Morgan fingerprint density at radius 1 is 1.36 bits per heavy atom. The van der Waals surface area contributed by atoms with Crippen LogP contribution in [0, 0.1) is 12.3 Å². The molecule has 82 valence electrons. The lowest BCUT2D eigenvalue weighted by Crippen LogP contribution is -2.40. The minimum Gasteiger partial charge on any atom is -0.202 e. The summed E-state index contributed by atoms with van der Waals surface area (Å²) in [6.45, 7) is 3.98. The molecule has 4 nitrogen and oxygen atoms in total. The van der Waals surface area contributed by atoms with E-state index in [-0.39, 0.29) is 6.04 Å². The van der Waals surface area contributed by atoms with Crippen molar-refractivity contribution < 1.29 is 8.42 Å². The van der Waals surface area contributed by atoms with Gasteiger partial charge in [-0.15, -0.1) is 12.3 Å². The van der Waals surface area contributed by atoms with Gasteiger partial charge in [0.25, 0.3) is 10.2 Å². The fraction of sp³-hybridized carbons (Fsp3) is 0.778. The fourth-order valence-electron chi connectivity index (χ4n) is 0.911. The van der Waals surface area contributed by atoms with E-state index in [2.05, 4.69) is 15.4 Å². The second-order valence-electron chi connectivity index (χ2n) is 3.33. The van der Waals surface area contributed by atoms with Gasteiger partial charge in [0.05, 0.1) is 0 Å². The van der Waals surface area contributed by atoms with E-state index in [1.807, 2.05) is 0 Å². The first-order valence-electron chi connectivity index (χ1n) is 4.68. The summed E-state index contributed by atoms with van der Waals surface area (Å²) in [6.07, 6.45) is 7.37. The normalized spacial score (nSPS) is 11.6. The Morgan fingerprint density at radius 3 is 2.50 bits per heavy atom. The van der Waals surface area contributed by atoms with Crippen LogP contribution in [0.25, 0.3) is 0 Å². The molecule has 0 unspecified atom stereocenters. The number of terminal acetylenes is 1. The van der Waals surface area contributed by atoms with E-state index in [0.29, 0.717) is 13.0 Å². The number of hydrogen-bond donors (Lipinski definition) is 2. The standard InChI is InChI=1S/C9H18N2O2S/c1-4-5-6-7-8-10-14(12,13)11-9(2)3/h1,9-11H,5-8H2,2-3H3. The van der Waals surface area contributed by atoms with Gasteiger partial charge in [0.15, 0.2) is 0 Å². The van der Waals surface area contributed by atoms with Crippen LogP contribution in [-0.4, -0.2) is 21.0 Å². The largest absolute Gasteiger partial charge is 0.277 e. The molecule has 0 saturated carbocycles. The lowest BCUT2D eigenvalue weighted by molar-refractivity contribution is 0.551. The summed E-state index contributed by atoms with van der Waals surface area (Å²) in [5, 5.41) is 0. The van der Waals surface area contributed by atoms with Gasteiger partial charge in [-0.25, -0.2) is 4.72 Å². The second kappa shape index (κ2) is 6.82. The van der Waals surface area contributed by atoms with Crippen molar-refractivity contribution in [2.75, 3.05) is 6.54 Å². The van der Waals surface area contributed by atoms with Crippen LogP contribution >= 0.6 is 0 Å². The quantitative estimate of drug-likeness (QED) is 0.486. The van der Waals surface area contributed by atoms with E-state index in [0.717, 1.165) is 12.8 Å². The Morgan fingerprint density at radius 2 is 2.00 bits per heavy atom. The minimum absolute atomic E-state index is 0.0850. The van der Waals surface area contributed by atoms with Gasteiger partial charge >= 0.3 is 0 Å². The molecule has 0 aliphatic carbocycles. The molecule has 0 aliphatic rings. The van der Waals surface area contributed by atoms with E-state index < -0.39 is 10.2 Å². The van der Waals surface area contributed by atoms with Gasteiger partial charge in [0.1, 0.15) is 0 Å². The van der Waals surface area contributed by atoms with Crippen LogP contribution in [0.4, 0.5) is 0 Å². The summed E-state index contributed by atoms with van der Waals surface area (Å²) in [6, 6.07) is -0.0850. The molecule has 2 N–H and O–H groups in total. The molecule has 0 aromatic rings. The van der Waals surface area contributed by atoms with Crippen molar-refractivity contribution >= 4 is 10.2 Å². The first kappa shape index (κ1) is 13.4. The van der Waals surface area contributed by atoms with E-state index in [4.69, 9.17) is 6.42 Å². The van der Waals surface area contributed by atoms with Crippen LogP contribution in [0.15, 0.2) is 0 Å². The Balaban J connectivity index is 3.63. The smallest absolute Gasteiger partial charge is 0.202 e. The topological polar surface area (TPSA) is 58.2 Å². The third kappa shape index (κ3) is 8.05. The van der Waals surface area contributed by atoms with Crippen LogP contribution in [0.3, 0.4) is 0 Å². The van der Waals surface area contributed by atoms with Crippen LogP contribution in [0.2, 0.25) is 0 Å². The average Bonchev–Trinajstić information content (AvgIpc) is 2.01. The predicted octanol–water partition coefficient (Wildman–Crippen LogP) is 0.622. The Labute approximate surface area is 86.7 Å². The van der Waals surface area contributed by atoms with Crippen molar-refractivity contribution in [3.05, 3.63) is 0 Å². The summed E-state index contributed by atoms with van der Waals surface area (Å²) in [5.74, 6) is 2.50. The molecule has 0 spiro atoms. The maximum Gasteiger partial charge on any atom is 0.277 e. The Hall–Kier alpha value is -0.570. The van der Waals surface area contributed by atoms with Crippen molar-refractivity contribution in [2.24, 2.45) is 0 Å². The summed E-state index contributed by atoms with van der Waals surface area (Å²) in [7, 11) is -3.32. The van der Waals surface area contributed by atoms with Gasteiger partial charge in [-0.3, -0.25) is 0 Å². The number of unbranched alkanes of at least 4 members (excludes halogenated alkanes) is 2. The van der Waals surface area contributed by atoms with Crippen molar-refractivity contribution in [1.29, 1.82) is 0 Å². The maximum absolute atomic E-state index is 11.2. The summed E-state index contributed by atoms with van der Waals surface area (Å²) in [4.78, 5) is 0. The van der Waals surface area contributed by atoms with Crippen molar-refractivity contribution in [1.82, 2.24) is 9.44 Å². The number of rotatable bonds is 7. The monoisotopic (exact) mass is 218 g/mol. The molecule has 0 fully saturated rings. The van der Waals surface area contributed by atoms with Crippen LogP contribution in [0.1, 0.15) is 33.1 Å². The highest BCUT2D eigenvalue weighted by Crippen LogP contribution is 1.92. The molecule has 0 atom stereocenters. The fourth-order valence-corrected chi connectivity index (χ4v) is 2.03. The minimum atomic E-state index is -3.32. The lowest BCUT2D eigenvalue weighted by Gasteiger charge is -2.09. The SMILES string of the molecule is C#CCCCCNS(=O)(=O)NC(C)C. The number of hydrogen-bond acceptors (Lipinski definition) is 2. The van der Waals surface area contributed by atoms with Gasteiger partial charge in [0, 0.05) is 19.0 Å². The molecule has 0 amide bonds. The zero-order valence-corrected chi connectivity index (χ0v) is 9.52. The predicted molar refractivity (Wildman–Crippen MR) is 57.9 cm³/mol. The summed E-state index contributed by atoms with van der Waals surface area (Å²) in [5.41, 5.74) is 0. The van der Waals surface area contributed by atoms with Gasteiger partial charge < -0.3 is 0 Å². The molecule has 0 saturated heterocycles. The van der Waals surface area contributed by atoms with Crippen LogP contribution < -0.4 is 9.44 Å². The molecule has 0 rings (SSSR count). The van der Waals surface area contributed by atoms with E-state index in [1.165, 1.54) is 0 Å². The molecular weight excluding hydrogens is 200 g/mol. The molecule has 0 aliphatic heterocycles. The molecule has 0 aromatic heterocycles. The Kier molecular flexibility index (Phi) is 6.54. The molecule has 0 aromatic carbocycles. The van der Waals surface area contributed by atoms with E-state index in [1.54, 1.807) is 13.8 Å². The van der Waals surface area contributed by atoms with Gasteiger partial charge in [0.2, 0.25) is 0 Å². The molecule has 5 heteroatoms. The molecule has 14 heavy (non-hydrogen) atoms. The first-order valence-corrected chi connectivity index (χ1v) is 6.16. The third-order valence-corrected chi connectivity index (χ3v) is 2.80. The van der Waals surface area contributed by atoms with E-state index in [9.17, 15) is 8.42 Å². The van der Waals surface area contributed by atoms with Gasteiger partial charge in [-0.2, -0.15) is 13.1 Å². The highest BCUT2D eigenvalue weighted by atomic mass is 32.2. The lowest BCUT2D eigenvalue weighted by atomic mass is 10.2. The second-order valence-corrected chi connectivity index (χ2v) is 4.86. The molecular formula is C9H18N2O2S. The molecule has 0 bridgehead atoms. The van der Waals surface area contributed by atoms with Crippen LogP contribution in [-0.2, 0) is 10.2 Å². The van der Waals surface area contributed by atoms with Crippen molar-refractivity contribution in [3.8, 4) is 12.3 Å². The zero-order valence-electron chi connectivity index (χ0n) is 8.71. The van der Waals surface area contributed by atoms with Crippen molar-refractivity contribution in [2.45, 2.75) is 39.2 Å². The van der Waals surface area contributed by atoms with Crippen LogP contribution in [0.5, 0.6) is 0 Å². The summed E-state index contributed by atoms with van der Waals surface area (Å²) < 4.78 is 27.3. The Bertz CT molecular complexity index is 278. The summed E-state index contributed by atoms with van der Waals surface area (Å²) >= 11 is 0. The third-order valence-electron chi connectivity index (χ3n) is 1.43. The zero-order chi connectivity index (χ0) is 11.0.